The van der Waals surface area contributed by atoms with Crippen molar-refractivity contribution in [3.63, 3.8) is 0 Å². The lowest BCUT2D eigenvalue weighted by atomic mass is 9.72. The average Bonchev–Trinajstić information content (AvgIpc) is 2.47. The van der Waals surface area contributed by atoms with Gasteiger partial charge in [0, 0.05) is 5.92 Å². The van der Waals surface area contributed by atoms with Gasteiger partial charge in [-0.25, -0.2) is 0 Å². The molecule has 2 fully saturated rings. The minimum Gasteiger partial charge on any atom is -0.456 e. The zero-order valence-corrected chi connectivity index (χ0v) is 11.1. The van der Waals surface area contributed by atoms with Crippen molar-refractivity contribution in [3.8, 4) is 0 Å². The van der Waals surface area contributed by atoms with Gasteiger partial charge in [0.1, 0.15) is 0 Å². The molecule has 1 aliphatic heterocycles. The molecule has 4 atom stereocenters. The predicted octanol–water partition coefficient (Wildman–Crippen LogP) is 1.20. The van der Waals surface area contributed by atoms with Gasteiger partial charge in [0.2, 0.25) is 0 Å². The Balaban J connectivity index is 1.95. The monoisotopic (exact) mass is 255 g/mol. The number of rotatable bonds is 4. The van der Waals surface area contributed by atoms with E-state index in [1.807, 2.05) is 20.8 Å². The smallest absolute Gasteiger partial charge is 0.313 e. The Labute approximate surface area is 107 Å². The number of cyclic esters (lactones) is 1. The second kappa shape index (κ2) is 4.53. The van der Waals surface area contributed by atoms with Crippen molar-refractivity contribution in [3.05, 3.63) is 0 Å². The molecule has 0 aromatic rings. The number of carbonyl (C=O) groups is 2. The van der Waals surface area contributed by atoms with Crippen LogP contribution in [0.3, 0.4) is 0 Å². The summed E-state index contributed by atoms with van der Waals surface area (Å²) in [7, 11) is 0. The molecule has 0 radical (unpaired) electrons. The minimum absolute atomic E-state index is 0.0288. The molecule has 0 amide bonds. The van der Waals surface area contributed by atoms with Gasteiger partial charge in [-0.1, -0.05) is 6.92 Å². The molecule has 0 spiro atoms. The van der Waals surface area contributed by atoms with E-state index in [0.29, 0.717) is 6.42 Å². The quantitative estimate of drug-likeness (QED) is 0.603. The highest BCUT2D eigenvalue weighted by molar-refractivity contribution is 5.77. The molecule has 0 aromatic carbocycles. The molecular formula is C13H21NO4. The summed E-state index contributed by atoms with van der Waals surface area (Å²) in [4.78, 5) is 23.4. The highest BCUT2D eigenvalue weighted by Gasteiger charge is 2.53. The molecule has 1 heterocycles. The number of nitrogens with two attached hydrogens (primary N) is 1. The third-order valence-electron chi connectivity index (χ3n) is 4.31. The van der Waals surface area contributed by atoms with Crippen LogP contribution in [0.15, 0.2) is 0 Å². The summed E-state index contributed by atoms with van der Waals surface area (Å²) in [6.07, 6.45) is 1.15. The van der Waals surface area contributed by atoms with Gasteiger partial charge in [0.05, 0.1) is 11.3 Å². The summed E-state index contributed by atoms with van der Waals surface area (Å²) >= 11 is 0. The summed E-state index contributed by atoms with van der Waals surface area (Å²) in [5, 5.41) is 0. The van der Waals surface area contributed by atoms with Crippen LogP contribution in [0.2, 0.25) is 0 Å². The summed E-state index contributed by atoms with van der Waals surface area (Å²) in [5.74, 6) is -0.433. The van der Waals surface area contributed by atoms with Crippen molar-refractivity contribution in [2.75, 3.05) is 0 Å². The molecule has 5 heteroatoms. The van der Waals surface area contributed by atoms with Crippen molar-refractivity contribution in [2.45, 2.75) is 52.4 Å². The molecular weight excluding hydrogens is 234 g/mol. The topological polar surface area (TPSA) is 78.6 Å². The van der Waals surface area contributed by atoms with Crippen molar-refractivity contribution in [1.82, 2.24) is 0 Å². The van der Waals surface area contributed by atoms with Gasteiger partial charge in [-0.3, -0.25) is 15.3 Å². The lowest BCUT2D eigenvalue weighted by molar-refractivity contribution is -0.170. The van der Waals surface area contributed by atoms with Crippen molar-refractivity contribution in [1.29, 1.82) is 0 Å². The maximum Gasteiger partial charge on any atom is 0.313 e. The van der Waals surface area contributed by atoms with Crippen molar-refractivity contribution >= 4 is 11.9 Å². The highest BCUT2D eigenvalue weighted by Crippen LogP contribution is 2.45. The number of fused-ring (bicyclic) bond motifs is 1. The van der Waals surface area contributed by atoms with E-state index in [9.17, 15) is 9.59 Å². The van der Waals surface area contributed by atoms with Crippen LogP contribution >= 0.6 is 0 Å². The molecule has 1 aliphatic carbocycles. The maximum atomic E-state index is 11.9. The molecule has 0 aromatic heterocycles. The SMILES string of the molecule is CCC(C)(C)C(=O)OC(N)C1OC(=O)C2CCC21. The highest BCUT2D eigenvalue weighted by atomic mass is 16.6. The third-order valence-corrected chi connectivity index (χ3v) is 4.31. The maximum absolute atomic E-state index is 11.9. The lowest BCUT2D eigenvalue weighted by Gasteiger charge is -2.32. The van der Waals surface area contributed by atoms with Gasteiger partial charge in [-0.15, -0.1) is 0 Å². The largest absolute Gasteiger partial charge is 0.456 e. The van der Waals surface area contributed by atoms with Crippen molar-refractivity contribution < 1.29 is 19.1 Å². The first kappa shape index (κ1) is 13.3. The summed E-state index contributed by atoms with van der Waals surface area (Å²) < 4.78 is 10.5. The fourth-order valence-corrected chi connectivity index (χ4v) is 2.33. The van der Waals surface area contributed by atoms with E-state index in [2.05, 4.69) is 0 Å². The molecule has 2 aliphatic rings. The summed E-state index contributed by atoms with van der Waals surface area (Å²) in [6, 6.07) is 0. The van der Waals surface area contributed by atoms with Gasteiger partial charge in [-0.2, -0.15) is 0 Å². The second-order valence-corrected chi connectivity index (χ2v) is 5.86. The fourth-order valence-electron chi connectivity index (χ4n) is 2.33. The predicted molar refractivity (Wildman–Crippen MR) is 64.2 cm³/mol. The Morgan fingerprint density at radius 2 is 2.22 bits per heavy atom. The third kappa shape index (κ3) is 2.11. The summed E-state index contributed by atoms with van der Waals surface area (Å²) in [6.45, 7) is 5.55. The van der Waals surface area contributed by atoms with Crippen LogP contribution in [-0.4, -0.2) is 24.3 Å². The van der Waals surface area contributed by atoms with Gasteiger partial charge < -0.3 is 9.47 Å². The number of hydrogen-bond donors (Lipinski definition) is 1. The van der Waals surface area contributed by atoms with Gasteiger partial charge in [-0.05, 0) is 33.1 Å². The molecule has 4 unspecified atom stereocenters. The van der Waals surface area contributed by atoms with Gasteiger partial charge >= 0.3 is 11.9 Å². The molecule has 102 valence electrons. The molecule has 1 saturated heterocycles. The van der Waals surface area contributed by atoms with Crippen LogP contribution in [-0.2, 0) is 19.1 Å². The summed E-state index contributed by atoms with van der Waals surface area (Å²) in [5.41, 5.74) is 5.30. The van der Waals surface area contributed by atoms with E-state index in [-0.39, 0.29) is 23.8 Å². The van der Waals surface area contributed by atoms with E-state index in [1.54, 1.807) is 0 Å². The first-order chi connectivity index (χ1) is 8.36. The number of ether oxygens (including phenoxy) is 2. The van der Waals surface area contributed by atoms with E-state index < -0.39 is 17.7 Å². The lowest BCUT2D eigenvalue weighted by Crippen LogP contribution is -2.46. The zero-order chi connectivity index (χ0) is 13.5. The molecule has 2 N–H and O–H groups in total. The van der Waals surface area contributed by atoms with E-state index in [0.717, 1.165) is 12.8 Å². The van der Waals surface area contributed by atoms with E-state index >= 15 is 0 Å². The molecule has 1 saturated carbocycles. The Hall–Kier alpha value is -1.10. The van der Waals surface area contributed by atoms with Gasteiger partial charge in [0.15, 0.2) is 12.3 Å². The Bertz CT molecular complexity index is 366. The molecule has 0 bridgehead atoms. The van der Waals surface area contributed by atoms with Crippen LogP contribution in [0.5, 0.6) is 0 Å². The van der Waals surface area contributed by atoms with Crippen LogP contribution in [0, 0.1) is 17.3 Å². The second-order valence-electron chi connectivity index (χ2n) is 5.86. The molecule has 5 nitrogen and oxygen atoms in total. The fraction of sp³-hybridized carbons (Fsp3) is 0.846. The van der Waals surface area contributed by atoms with Crippen LogP contribution in [0.25, 0.3) is 0 Å². The molecule has 18 heavy (non-hydrogen) atoms. The Morgan fingerprint density at radius 1 is 1.56 bits per heavy atom. The van der Waals surface area contributed by atoms with Crippen LogP contribution in [0.4, 0.5) is 0 Å². The average molecular weight is 255 g/mol. The number of esters is 2. The Kier molecular flexibility index (Phi) is 3.36. The number of carbonyl (C=O) groups excluding carboxylic acids is 2. The standard InChI is InChI=1S/C13H21NO4/c1-4-13(2,3)12(16)18-10(14)9-7-5-6-8(7)11(15)17-9/h7-10H,4-6,14H2,1-3H3. The first-order valence-corrected chi connectivity index (χ1v) is 6.54. The Morgan fingerprint density at radius 3 is 2.67 bits per heavy atom. The minimum atomic E-state index is -0.845. The van der Waals surface area contributed by atoms with Crippen LogP contribution in [0.1, 0.15) is 40.0 Å². The number of hydrogen-bond acceptors (Lipinski definition) is 5. The van der Waals surface area contributed by atoms with Gasteiger partial charge in [0.25, 0.3) is 0 Å². The van der Waals surface area contributed by atoms with E-state index in [4.69, 9.17) is 15.2 Å². The normalized spacial score (nSPS) is 32.2. The zero-order valence-electron chi connectivity index (χ0n) is 11.1. The van der Waals surface area contributed by atoms with Crippen LogP contribution < -0.4 is 5.73 Å². The first-order valence-electron chi connectivity index (χ1n) is 6.54. The molecule has 2 rings (SSSR count). The van der Waals surface area contributed by atoms with Crippen molar-refractivity contribution in [2.24, 2.45) is 23.0 Å². The van der Waals surface area contributed by atoms with E-state index in [1.165, 1.54) is 0 Å².